The average Bonchev–Trinajstić information content (AvgIpc) is 2.38. The van der Waals surface area contributed by atoms with Gasteiger partial charge in [-0.1, -0.05) is 13.8 Å². The first-order chi connectivity index (χ1) is 10.0. The van der Waals surface area contributed by atoms with Crippen molar-refractivity contribution in [3.63, 3.8) is 0 Å². The van der Waals surface area contributed by atoms with Crippen LogP contribution in [0.4, 0.5) is 11.6 Å². The summed E-state index contributed by atoms with van der Waals surface area (Å²) in [5, 5.41) is 3.92. The Morgan fingerprint density at radius 1 is 1.24 bits per heavy atom. The van der Waals surface area contributed by atoms with Crippen molar-refractivity contribution in [1.29, 1.82) is 0 Å². The molecule has 21 heavy (non-hydrogen) atoms. The SMILES string of the molecule is CC1CC(C)CC(Nc2nc3ccc(N)cc3c(=O)[nH]2)C1. The molecule has 1 heterocycles. The molecule has 112 valence electrons. The van der Waals surface area contributed by atoms with Crippen LogP contribution in [0.2, 0.25) is 0 Å². The average molecular weight is 286 g/mol. The normalized spacial score (nSPS) is 25.9. The second-order valence-electron chi connectivity index (χ2n) is 6.45. The summed E-state index contributed by atoms with van der Waals surface area (Å²) in [5.41, 5.74) is 6.82. The lowest BCUT2D eigenvalue weighted by Gasteiger charge is -2.32. The largest absolute Gasteiger partial charge is 0.399 e. The number of nitrogens with two attached hydrogens (primary N) is 1. The van der Waals surface area contributed by atoms with Crippen LogP contribution in [0.3, 0.4) is 0 Å². The van der Waals surface area contributed by atoms with Gasteiger partial charge in [0.1, 0.15) is 0 Å². The van der Waals surface area contributed by atoms with Crippen molar-refractivity contribution in [2.45, 2.75) is 39.2 Å². The van der Waals surface area contributed by atoms with Gasteiger partial charge < -0.3 is 11.1 Å². The minimum Gasteiger partial charge on any atom is -0.399 e. The first-order valence-corrected chi connectivity index (χ1v) is 7.57. The molecule has 0 amide bonds. The zero-order valence-corrected chi connectivity index (χ0v) is 12.5. The van der Waals surface area contributed by atoms with E-state index in [0.29, 0.717) is 40.4 Å². The summed E-state index contributed by atoms with van der Waals surface area (Å²) in [6, 6.07) is 5.59. The number of aromatic nitrogens is 2. The number of nitrogens with one attached hydrogen (secondary N) is 2. The molecule has 0 spiro atoms. The van der Waals surface area contributed by atoms with Crippen LogP contribution in [0, 0.1) is 11.8 Å². The lowest BCUT2D eigenvalue weighted by atomic mass is 9.80. The second kappa shape index (κ2) is 5.39. The van der Waals surface area contributed by atoms with E-state index in [1.54, 1.807) is 18.2 Å². The molecule has 0 bridgehead atoms. The van der Waals surface area contributed by atoms with Crippen LogP contribution in [0.1, 0.15) is 33.1 Å². The monoisotopic (exact) mass is 286 g/mol. The summed E-state index contributed by atoms with van der Waals surface area (Å²) >= 11 is 0. The Kier molecular flexibility index (Phi) is 3.57. The van der Waals surface area contributed by atoms with Gasteiger partial charge in [-0.2, -0.15) is 0 Å². The first kappa shape index (κ1) is 13.9. The standard InChI is InChI=1S/C16H22N4O/c1-9-5-10(2)7-12(6-9)18-16-19-14-4-3-11(17)8-13(14)15(21)20-16/h3-4,8-10,12H,5-7,17H2,1-2H3,(H2,18,19,20,21). The molecule has 1 aliphatic rings. The van der Waals surface area contributed by atoms with E-state index in [1.165, 1.54) is 6.42 Å². The van der Waals surface area contributed by atoms with Crippen LogP contribution >= 0.6 is 0 Å². The Hall–Kier alpha value is -2.04. The second-order valence-corrected chi connectivity index (χ2v) is 6.45. The molecule has 5 heteroatoms. The van der Waals surface area contributed by atoms with Gasteiger partial charge in [-0.3, -0.25) is 9.78 Å². The van der Waals surface area contributed by atoms with Crippen LogP contribution in [0.25, 0.3) is 10.9 Å². The molecule has 1 aromatic heterocycles. The summed E-state index contributed by atoms with van der Waals surface area (Å²) < 4.78 is 0. The van der Waals surface area contributed by atoms with Gasteiger partial charge >= 0.3 is 0 Å². The number of H-pyrrole nitrogens is 1. The highest BCUT2D eigenvalue weighted by molar-refractivity contribution is 5.81. The highest BCUT2D eigenvalue weighted by Crippen LogP contribution is 2.29. The molecule has 1 fully saturated rings. The topological polar surface area (TPSA) is 83.8 Å². The maximum Gasteiger partial charge on any atom is 0.260 e. The molecule has 1 aliphatic carbocycles. The van der Waals surface area contributed by atoms with Gasteiger partial charge in [-0.05, 0) is 49.3 Å². The Balaban J connectivity index is 1.87. The molecular formula is C16H22N4O. The van der Waals surface area contributed by atoms with Crippen molar-refractivity contribution in [3.05, 3.63) is 28.6 Å². The molecule has 2 aromatic rings. The fourth-order valence-electron chi connectivity index (χ4n) is 3.48. The molecule has 0 saturated heterocycles. The maximum absolute atomic E-state index is 12.1. The van der Waals surface area contributed by atoms with Crippen LogP contribution in [-0.4, -0.2) is 16.0 Å². The van der Waals surface area contributed by atoms with Crippen LogP contribution in [0.5, 0.6) is 0 Å². The zero-order chi connectivity index (χ0) is 15.0. The van der Waals surface area contributed by atoms with Gasteiger partial charge in [-0.15, -0.1) is 0 Å². The van der Waals surface area contributed by atoms with Crippen molar-refractivity contribution in [3.8, 4) is 0 Å². The zero-order valence-electron chi connectivity index (χ0n) is 12.5. The molecule has 1 aromatic carbocycles. The number of hydrogen-bond acceptors (Lipinski definition) is 4. The maximum atomic E-state index is 12.1. The molecule has 4 N–H and O–H groups in total. The van der Waals surface area contributed by atoms with Gasteiger partial charge in [-0.25, -0.2) is 4.98 Å². The smallest absolute Gasteiger partial charge is 0.260 e. The highest BCUT2D eigenvalue weighted by atomic mass is 16.1. The van der Waals surface area contributed by atoms with E-state index >= 15 is 0 Å². The Labute approximate surface area is 124 Å². The summed E-state index contributed by atoms with van der Waals surface area (Å²) in [6.07, 6.45) is 3.51. The quantitative estimate of drug-likeness (QED) is 0.741. The van der Waals surface area contributed by atoms with Crippen molar-refractivity contribution in [2.75, 3.05) is 11.1 Å². The summed E-state index contributed by atoms with van der Waals surface area (Å²) in [4.78, 5) is 19.5. The number of aromatic amines is 1. The van der Waals surface area contributed by atoms with Crippen molar-refractivity contribution >= 4 is 22.5 Å². The van der Waals surface area contributed by atoms with E-state index < -0.39 is 0 Å². The number of fused-ring (bicyclic) bond motifs is 1. The summed E-state index contributed by atoms with van der Waals surface area (Å²) in [6.45, 7) is 4.56. The number of nitrogen functional groups attached to an aromatic ring is 1. The number of benzene rings is 1. The Morgan fingerprint density at radius 2 is 1.95 bits per heavy atom. The fraction of sp³-hybridized carbons (Fsp3) is 0.500. The third kappa shape index (κ3) is 3.01. The molecule has 5 nitrogen and oxygen atoms in total. The summed E-state index contributed by atoms with van der Waals surface area (Å²) in [5.74, 6) is 1.97. The van der Waals surface area contributed by atoms with Gasteiger partial charge in [0, 0.05) is 11.7 Å². The van der Waals surface area contributed by atoms with Crippen LogP contribution < -0.4 is 16.6 Å². The Bertz CT molecular complexity index is 699. The summed E-state index contributed by atoms with van der Waals surface area (Å²) in [7, 11) is 0. The minimum absolute atomic E-state index is 0.147. The minimum atomic E-state index is -0.147. The van der Waals surface area contributed by atoms with Gasteiger partial charge in [0.15, 0.2) is 0 Å². The van der Waals surface area contributed by atoms with Gasteiger partial charge in [0.2, 0.25) is 5.95 Å². The van der Waals surface area contributed by atoms with E-state index in [1.807, 2.05) is 0 Å². The molecule has 3 rings (SSSR count). The third-order valence-electron chi connectivity index (χ3n) is 4.25. The van der Waals surface area contributed by atoms with Crippen LogP contribution in [-0.2, 0) is 0 Å². The van der Waals surface area contributed by atoms with E-state index in [4.69, 9.17) is 5.73 Å². The van der Waals surface area contributed by atoms with E-state index in [0.717, 1.165) is 12.8 Å². The molecule has 1 saturated carbocycles. The van der Waals surface area contributed by atoms with E-state index in [2.05, 4.69) is 29.1 Å². The molecule has 2 unspecified atom stereocenters. The molecular weight excluding hydrogens is 264 g/mol. The van der Waals surface area contributed by atoms with Gasteiger partial charge in [0.05, 0.1) is 10.9 Å². The van der Waals surface area contributed by atoms with E-state index in [9.17, 15) is 4.79 Å². The predicted octanol–water partition coefficient (Wildman–Crippen LogP) is 2.74. The third-order valence-corrected chi connectivity index (χ3v) is 4.25. The molecule has 2 atom stereocenters. The first-order valence-electron chi connectivity index (χ1n) is 7.57. The van der Waals surface area contributed by atoms with Crippen molar-refractivity contribution in [1.82, 2.24) is 9.97 Å². The number of rotatable bonds is 2. The predicted molar refractivity (Wildman–Crippen MR) is 86.4 cm³/mol. The Morgan fingerprint density at radius 3 is 2.67 bits per heavy atom. The van der Waals surface area contributed by atoms with Gasteiger partial charge in [0.25, 0.3) is 5.56 Å². The van der Waals surface area contributed by atoms with Crippen LogP contribution in [0.15, 0.2) is 23.0 Å². The molecule has 0 radical (unpaired) electrons. The highest BCUT2D eigenvalue weighted by Gasteiger charge is 2.24. The lowest BCUT2D eigenvalue weighted by Crippen LogP contribution is -2.31. The lowest BCUT2D eigenvalue weighted by molar-refractivity contribution is 0.280. The number of nitrogens with zero attached hydrogens (tertiary/aromatic N) is 1. The number of hydrogen-bond donors (Lipinski definition) is 3. The number of anilines is 2. The van der Waals surface area contributed by atoms with Crippen molar-refractivity contribution < 1.29 is 0 Å². The fourth-order valence-corrected chi connectivity index (χ4v) is 3.48. The molecule has 0 aliphatic heterocycles. The van der Waals surface area contributed by atoms with E-state index in [-0.39, 0.29) is 5.56 Å². The van der Waals surface area contributed by atoms with Crippen molar-refractivity contribution in [2.24, 2.45) is 11.8 Å².